The summed E-state index contributed by atoms with van der Waals surface area (Å²) in [5.74, 6) is 4.93. The molecule has 2 rings (SSSR count). The first-order chi connectivity index (χ1) is 11.7. The highest BCUT2D eigenvalue weighted by Crippen LogP contribution is 2.49. The van der Waals surface area contributed by atoms with Crippen LogP contribution in [-0.4, -0.2) is 16.1 Å². The van der Waals surface area contributed by atoms with Gasteiger partial charge in [-0.15, -0.1) is 23.5 Å². The van der Waals surface area contributed by atoms with Crippen molar-refractivity contribution < 1.29 is 0 Å². The van der Waals surface area contributed by atoms with E-state index in [1.807, 2.05) is 0 Å². The molecule has 1 heterocycles. The van der Waals surface area contributed by atoms with Crippen LogP contribution in [0.15, 0.2) is 0 Å². The van der Waals surface area contributed by atoms with Crippen LogP contribution in [0, 0.1) is 17.3 Å². The van der Waals surface area contributed by atoms with Gasteiger partial charge in [-0.2, -0.15) is 0 Å². The van der Waals surface area contributed by atoms with Crippen molar-refractivity contribution in [3.05, 3.63) is 0 Å². The van der Waals surface area contributed by atoms with E-state index in [9.17, 15) is 0 Å². The van der Waals surface area contributed by atoms with Crippen molar-refractivity contribution in [3.63, 3.8) is 0 Å². The highest BCUT2D eigenvalue weighted by atomic mass is 32.2. The molecular weight excluding hydrogens is 328 g/mol. The quantitative estimate of drug-likeness (QED) is 0.356. The van der Waals surface area contributed by atoms with Crippen molar-refractivity contribution in [3.8, 4) is 0 Å². The second-order valence-electron chi connectivity index (χ2n) is 8.89. The lowest BCUT2D eigenvalue weighted by atomic mass is 9.80. The third kappa shape index (κ3) is 7.14. The zero-order chi connectivity index (χ0) is 17.3. The van der Waals surface area contributed by atoms with Gasteiger partial charge in [0.05, 0.1) is 4.58 Å². The van der Waals surface area contributed by atoms with Crippen LogP contribution in [0.3, 0.4) is 0 Å². The maximum Gasteiger partial charge on any atom is 0.0531 e. The summed E-state index contributed by atoms with van der Waals surface area (Å²) in [6, 6.07) is 0. The Morgan fingerprint density at radius 3 is 2.04 bits per heavy atom. The minimum atomic E-state index is 0.623. The highest BCUT2D eigenvalue weighted by Gasteiger charge is 2.36. The number of thioether (sulfide) groups is 2. The van der Waals surface area contributed by atoms with Gasteiger partial charge in [-0.25, -0.2) is 0 Å². The second-order valence-corrected chi connectivity index (χ2v) is 11.4. The van der Waals surface area contributed by atoms with Crippen molar-refractivity contribution in [1.29, 1.82) is 0 Å². The van der Waals surface area contributed by atoms with Crippen molar-refractivity contribution in [1.82, 2.24) is 0 Å². The Hall–Kier alpha value is 0.700. The fourth-order valence-electron chi connectivity index (χ4n) is 4.48. The second kappa shape index (κ2) is 11.4. The van der Waals surface area contributed by atoms with E-state index in [4.69, 9.17) is 0 Å². The number of unbranched alkanes of at least 4 members (excludes halogenated alkanes) is 5. The Kier molecular flexibility index (Phi) is 10.00. The van der Waals surface area contributed by atoms with Gasteiger partial charge in [-0.1, -0.05) is 85.0 Å². The third-order valence-electron chi connectivity index (χ3n) is 6.32. The minimum absolute atomic E-state index is 0.623. The Bertz CT molecular complexity index is 312. The standard InChI is InChI=1S/C22H42S2/c1-4-6-8-9-11-19-12-14-20(15-13-19)21-23-17-22(3,18-24-21)16-10-7-5-2/h19-21H,4-18H2,1-3H3/t19?,20?,21-,22-. The first-order valence-corrected chi connectivity index (χ1v) is 13.0. The molecule has 0 spiro atoms. The smallest absolute Gasteiger partial charge is 0.0531 e. The average Bonchev–Trinajstić information content (AvgIpc) is 2.60. The largest absolute Gasteiger partial charge is 0.147 e. The summed E-state index contributed by atoms with van der Waals surface area (Å²) in [6.45, 7) is 7.19. The first kappa shape index (κ1) is 21.0. The van der Waals surface area contributed by atoms with E-state index in [-0.39, 0.29) is 0 Å². The van der Waals surface area contributed by atoms with Gasteiger partial charge >= 0.3 is 0 Å². The van der Waals surface area contributed by atoms with Crippen LogP contribution >= 0.6 is 23.5 Å². The van der Waals surface area contributed by atoms with Crippen molar-refractivity contribution in [2.75, 3.05) is 11.5 Å². The molecule has 142 valence electrons. The molecule has 0 aromatic carbocycles. The summed E-state index contributed by atoms with van der Waals surface area (Å²) in [4.78, 5) is 0. The van der Waals surface area contributed by atoms with Crippen LogP contribution in [0.25, 0.3) is 0 Å². The molecule has 0 aromatic rings. The van der Waals surface area contributed by atoms with E-state index in [1.165, 1.54) is 95.0 Å². The van der Waals surface area contributed by atoms with E-state index < -0.39 is 0 Å². The Balaban J connectivity index is 1.61. The molecule has 0 bridgehead atoms. The van der Waals surface area contributed by atoms with Crippen LogP contribution in [0.2, 0.25) is 0 Å². The van der Waals surface area contributed by atoms with Crippen molar-refractivity contribution >= 4 is 23.5 Å². The molecule has 24 heavy (non-hydrogen) atoms. The molecule has 0 N–H and O–H groups in total. The van der Waals surface area contributed by atoms with Crippen LogP contribution < -0.4 is 0 Å². The summed E-state index contributed by atoms with van der Waals surface area (Å²) in [6.07, 6.45) is 19.1. The lowest BCUT2D eigenvalue weighted by Gasteiger charge is -2.41. The monoisotopic (exact) mass is 370 g/mol. The molecule has 1 saturated carbocycles. The molecule has 0 atom stereocenters. The summed E-state index contributed by atoms with van der Waals surface area (Å²) in [7, 11) is 0. The zero-order valence-electron chi connectivity index (χ0n) is 16.7. The fourth-order valence-corrected chi connectivity index (χ4v) is 8.12. The molecule has 1 aliphatic carbocycles. The number of rotatable bonds is 10. The molecule has 0 radical (unpaired) electrons. The van der Waals surface area contributed by atoms with Crippen LogP contribution in [-0.2, 0) is 0 Å². The lowest BCUT2D eigenvalue weighted by Crippen LogP contribution is -2.33. The maximum absolute atomic E-state index is 2.55. The molecule has 2 heteroatoms. The van der Waals surface area contributed by atoms with E-state index in [0.717, 1.165) is 16.4 Å². The van der Waals surface area contributed by atoms with Gasteiger partial charge in [0, 0.05) is 11.5 Å². The van der Waals surface area contributed by atoms with Gasteiger partial charge in [-0.3, -0.25) is 0 Å². The summed E-state index contributed by atoms with van der Waals surface area (Å²) >= 11 is 4.65. The highest BCUT2D eigenvalue weighted by molar-refractivity contribution is 8.17. The number of hydrogen-bond donors (Lipinski definition) is 0. The van der Waals surface area contributed by atoms with Crippen LogP contribution in [0.4, 0.5) is 0 Å². The zero-order valence-corrected chi connectivity index (χ0v) is 18.3. The normalized spacial score (nSPS) is 34.4. The maximum atomic E-state index is 2.55. The Morgan fingerprint density at radius 1 is 0.792 bits per heavy atom. The number of hydrogen-bond acceptors (Lipinski definition) is 2. The van der Waals surface area contributed by atoms with Crippen LogP contribution in [0.5, 0.6) is 0 Å². The Morgan fingerprint density at radius 2 is 1.42 bits per heavy atom. The van der Waals surface area contributed by atoms with Gasteiger partial charge in [0.25, 0.3) is 0 Å². The SMILES string of the molecule is CCCCCCC1CCC([C@H]2SC[C@](C)(CCCCC)CS2)CC1. The molecule has 0 nitrogen and oxygen atoms in total. The van der Waals surface area contributed by atoms with Gasteiger partial charge in [0.1, 0.15) is 0 Å². The predicted molar refractivity (Wildman–Crippen MR) is 115 cm³/mol. The van der Waals surface area contributed by atoms with E-state index in [0.29, 0.717) is 5.41 Å². The first-order valence-electron chi connectivity index (χ1n) is 10.9. The minimum Gasteiger partial charge on any atom is -0.147 e. The van der Waals surface area contributed by atoms with E-state index in [2.05, 4.69) is 44.3 Å². The van der Waals surface area contributed by atoms with Gasteiger partial charge in [0.2, 0.25) is 0 Å². The third-order valence-corrected chi connectivity index (χ3v) is 10.3. The van der Waals surface area contributed by atoms with Crippen molar-refractivity contribution in [2.45, 2.75) is 109 Å². The van der Waals surface area contributed by atoms with Crippen molar-refractivity contribution in [2.24, 2.45) is 17.3 Å². The predicted octanol–water partition coefficient (Wildman–Crippen LogP) is 8.16. The van der Waals surface area contributed by atoms with Gasteiger partial charge in [0.15, 0.2) is 0 Å². The molecule has 0 unspecified atom stereocenters. The summed E-state index contributed by atoms with van der Waals surface area (Å²) in [5, 5.41) is 0. The lowest BCUT2D eigenvalue weighted by molar-refractivity contribution is 0.268. The molecule has 1 aliphatic heterocycles. The molecular formula is C22H42S2. The molecule has 0 amide bonds. The van der Waals surface area contributed by atoms with Gasteiger partial charge in [-0.05, 0) is 36.5 Å². The fraction of sp³-hybridized carbons (Fsp3) is 1.00. The van der Waals surface area contributed by atoms with Gasteiger partial charge < -0.3 is 0 Å². The topological polar surface area (TPSA) is 0 Å². The van der Waals surface area contributed by atoms with Crippen LogP contribution in [0.1, 0.15) is 104 Å². The summed E-state index contributed by atoms with van der Waals surface area (Å²) in [5.41, 5.74) is 0.623. The molecule has 0 aromatic heterocycles. The Labute approximate surface area is 161 Å². The molecule has 2 fully saturated rings. The van der Waals surface area contributed by atoms with E-state index >= 15 is 0 Å². The van der Waals surface area contributed by atoms with E-state index in [1.54, 1.807) is 0 Å². The summed E-state index contributed by atoms with van der Waals surface area (Å²) < 4.78 is 0.922. The molecule has 2 aliphatic rings. The average molecular weight is 371 g/mol. The molecule has 1 saturated heterocycles.